The molecule has 1 heterocycles. The van der Waals surface area contributed by atoms with E-state index in [4.69, 9.17) is 0 Å². The maximum absolute atomic E-state index is 11.4. The van der Waals surface area contributed by atoms with E-state index in [1.807, 2.05) is 31.2 Å². The average Bonchev–Trinajstić information content (AvgIpc) is 2.99. The van der Waals surface area contributed by atoms with Crippen LogP contribution in [0.3, 0.4) is 0 Å². The van der Waals surface area contributed by atoms with Gasteiger partial charge in [0.15, 0.2) is 0 Å². The molecule has 0 bridgehead atoms. The molecule has 0 amide bonds. The molecule has 0 fully saturated rings. The molecule has 26 heavy (non-hydrogen) atoms. The highest BCUT2D eigenvalue weighted by Gasteiger charge is 2.14. The van der Waals surface area contributed by atoms with Crippen molar-refractivity contribution in [1.82, 2.24) is 4.98 Å². The number of ether oxygens (including phenoxy) is 1. The van der Waals surface area contributed by atoms with E-state index in [1.54, 1.807) is 12.1 Å². The molecule has 0 saturated carbocycles. The normalized spacial score (nSPS) is 11.0. The highest BCUT2D eigenvalue weighted by atomic mass is 16.6. The Hall–Kier alpha value is -3.61. The van der Waals surface area contributed by atoms with Gasteiger partial charge in [0.2, 0.25) is 0 Å². The van der Waals surface area contributed by atoms with Gasteiger partial charge in [-0.2, -0.15) is 0 Å². The van der Waals surface area contributed by atoms with E-state index in [2.05, 4.69) is 15.0 Å². The molecule has 2 N–H and O–H groups in total. The highest BCUT2D eigenvalue weighted by molar-refractivity contribution is 5.88. The number of nitrogens with zero attached hydrogens (tertiary/aromatic N) is 1. The summed E-state index contributed by atoms with van der Waals surface area (Å²) in [7, 11) is 1.27. The average molecular weight is 351 g/mol. The Labute approximate surface area is 149 Å². The van der Waals surface area contributed by atoms with Crippen molar-refractivity contribution in [3.63, 3.8) is 0 Å². The van der Waals surface area contributed by atoms with E-state index >= 15 is 0 Å². The third-order valence-electron chi connectivity index (χ3n) is 3.87. The molecule has 1 aromatic heterocycles. The van der Waals surface area contributed by atoms with Crippen molar-refractivity contribution in [3.8, 4) is 0 Å². The Bertz CT molecular complexity index is 1020. The van der Waals surface area contributed by atoms with Gasteiger partial charge in [0.25, 0.3) is 5.69 Å². The number of anilines is 2. The summed E-state index contributed by atoms with van der Waals surface area (Å²) in [6.45, 7) is 1.97. The highest BCUT2D eigenvalue weighted by Crippen LogP contribution is 2.30. The fraction of sp³-hybridized carbons (Fsp3) is 0.105. The van der Waals surface area contributed by atoms with Crippen LogP contribution in [-0.2, 0) is 9.53 Å². The summed E-state index contributed by atoms with van der Waals surface area (Å²) >= 11 is 0. The van der Waals surface area contributed by atoms with Gasteiger partial charge in [-0.1, -0.05) is 6.07 Å². The number of methoxy groups -OCH3 is 1. The number of H-pyrrole nitrogens is 1. The van der Waals surface area contributed by atoms with Crippen molar-refractivity contribution in [3.05, 3.63) is 69.9 Å². The lowest BCUT2D eigenvalue weighted by atomic mass is 10.1. The Morgan fingerprint density at radius 2 is 2.04 bits per heavy atom. The number of fused-ring (bicyclic) bond motifs is 1. The second-order valence-electron chi connectivity index (χ2n) is 5.77. The lowest BCUT2D eigenvalue weighted by Crippen LogP contribution is -1.98. The summed E-state index contributed by atoms with van der Waals surface area (Å²) < 4.78 is 4.51. The number of aryl methyl sites for hydroxylation is 1. The van der Waals surface area contributed by atoms with Crippen LogP contribution in [0.5, 0.6) is 0 Å². The molecular formula is C19H17N3O4. The van der Waals surface area contributed by atoms with Crippen molar-refractivity contribution in [1.29, 1.82) is 0 Å². The fourth-order valence-corrected chi connectivity index (χ4v) is 2.65. The van der Waals surface area contributed by atoms with Gasteiger partial charge < -0.3 is 15.0 Å². The summed E-state index contributed by atoms with van der Waals surface area (Å²) in [5.41, 5.74) is 3.62. The van der Waals surface area contributed by atoms with E-state index < -0.39 is 10.9 Å². The van der Waals surface area contributed by atoms with Crippen LogP contribution in [-0.4, -0.2) is 23.0 Å². The summed E-state index contributed by atoms with van der Waals surface area (Å²) in [5.74, 6) is -0.523. The second kappa shape index (κ2) is 7.10. The predicted octanol–water partition coefficient (Wildman–Crippen LogP) is 4.31. The number of nitro benzene ring substituents is 1. The van der Waals surface area contributed by atoms with E-state index in [1.165, 1.54) is 25.3 Å². The van der Waals surface area contributed by atoms with Gasteiger partial charge >= 0.3 is 5.97 Å². The fourth-order valence-electron chi connectivity index (χ4n) is 2.65. The Morgan fingerprint density at radius 3 is 2.77 bits per heavy atom. The van der Waals surface area contributed by atoms with Gasteiger partial charge in [-0.05, 0) is 48.9 Å². The van der Waals surface area contributed by atoms with E-state index in [0.717, 1.165) is 22.3 Å². The standard InChI is InChI=1S/C19H17N3O4/c1-12-9-14-11-15(5-7-16(14)20-12)21-17-6-3-13(4-8-19(23)26-2)10-18(17)22(24)25/h3-11,20-21H,1-2H3. The zero-order chi connectivity index (χ0) is 18.7. The topological polar surface area (TPSA) is 97.3 Å². The first-order valence-electron chi connectivity index (χ1n) is 7.87. The number of carbonyl (C=O) groups excluding carboxylic acids is 1. The van der Waals surface area contributed by atoms with Crippen LogP contribution in [0.2, 0.25) is 0 Å². The smallest absolute Gasteiger partial charge is 0.330 e. The number of benzene rings is 2. The van der Waals surface area contributed by atoms with E-state index in [0.29, 0.717) is 11.3 Å². The number of aromatic amines is 1. The Kier molecular flexibility index (Phi) is 4.70. The zero-order valence-electron chi connectivity index (χ0n) is 14.3. The molecule has 0 unspecified atom stereocenters. The molecule has 3 aromatic rings. The van der Waals surface area contributed by atoms with Gasteiger partial charge in [-0.3, -0.25) is 10.1 Å². The molecule has 7 nitrogen and oxygen atoms in total. The first kappa shape index (κ1) is 17.2. The summed E-state index contributed by atoms with van der Waals surface area (Å²) in [5, 5.41) is 15.5. The van der Waals surface area contributed by atoms with Crippen molar-refractivity contribution in [2.75, 3.05) is 12.4 Å². The monoisotopic (exact) mass is 351 g/mol. The lowest BCUT2D eigenvalue weighted by molar-refractivity contribution is -0.383. The number of aromatic nitrogens is 1. The molecule has 132 valence electrons. The van der Waals surface area contributed by atoms with Gasteiger partial charge in [-0.15, -0.1) is 0 Å². The SMILES string of the molecule is COC(=O)C=Cc1ccc(Nc2ccc3[nH]c(C)cc3c2)c([N+](=O)[O-])c1. The third-order valence-corrected chi connectivity index (χ3v) is 3.87. The molecule has 2 aromatic carbocycles. The first-order valence-corrected chi connectivity index (χ1v) is 7.87. The zero-order valence-corrected chi connectivity index (χ0v) is 14.3. The largest absolute Gasteiger partial charge is 0.466 e. The molecular weight excluding hydrogens is 334 g/mol. The van der Waals surface area contributed by atoms with Crippen LogP contribution >= 0.6 is 0 Å². The second-order valence-corrected chi connectivity index (χ2v) is 5.77. The molecule has 0 atom stereocenters. The quantitative estimate of drug-likeness (QED) is 0.309. The molecule has 0 aliphatic carbocycles. The number of nitro groups is 1. The molecule has 0 radical (unpaired) electrons. The van der Waals surface area contributed by atoms with Gasteiger partial charge in [0.05, 0.1) is 12.0 Å². The van der Waals surface area contributed by atoms with Crippen LogP contribution in [0.15, 0.2) is 48.5 Å². The first-order chi connectivity index (χ1) is 12.5. The van der Waals surface area contributed by atoms with Gasteiger partial charge in [0.1, 0.15) is 5.69 Å². The minimum absolute atomic E-state index is 0.0811. The van der Waals surface area contributed by atoms with Crippen LogP contribution in [0, 0.1) is 17.0 Å². The maximum atomic E-state index is 11.4. The molecule has 0 spiro atoms. The minimum atomic E-state index is -0.523. The Morgan fingerprint density at radius 1 is 1.23 bits per heavy atom. The van der Waals surface area contributed by atoms with Crippen molar-refractivity contribution < 1.29 is 14.5 Å². The van der Waals surface area contributed by atoms with E-state index in [-0.39, 0.29) is 5.69 Å². The number of rotatable bonds is 5. The van der Waals surface area contributed by atoms with Gasteiger partial charge in [0, 0.05) is 34.4 Å². The third kappa shape index (κ3) is 3.72. The number of esters is 1. The van der Waals surface area contributed by atoms with Crippen molar-refractivity contribution >= 4 is 40.0 Å². The summed E-state index contributed by atoms with van der Waals surface area (Å²) in [4.78, 5) is 25.4. The van der Waals surface area contributed by atoms with Crippen LogP contribution in [0.25, 0.3) is 17.0 Å². The maximum Gasteiger partial charge on any atom is 0.330 e. The minimum Gasteiger partial charge on any atom is -0.466 e. The summed E-state index contributed by atoms with van der Waals surface area (Å²) in [6, 6.07) is 12.4. The van der Waals surface area contributed by atoms with Crippen molar-refractivity contribution in [2.45, 2.75) is 6.92 Å². The lowest BCUT2D eigenvalue weighted by Gasteiger charge is -2.08. The van der Waals surface area contributed by atoms with Gasteiger partial charge in [-0.25, -0.2) is 4.79 Å². The molecule has 0 saturated heterocycles. The molecule has 3 rings (SSSR count). The van der Waals surface area contributed by atoms with Crippen molar-refractivity contribution in [2.24, 2.45) is 0 Å². The number of carbonyl (C=O) groups is 1. The van der Waals surface area contributed by atoms with Crippen LogP contribution in [0.4, 0.5) is 17.1 Å². The summed E-state index contributed by atoms with van der Waals surface area (Å²) in [6.07, 6.45) is 2.69. The van der Waals surface area contributed by atoms with Crippen LogP contribution < -0.4 is 5.32 Å². The Balaban J connectivity index is 1.91. The number of nitrogens with one attached hydrogen (secondary N) is 2. The molecule has 0 aliphatic heterocycles. The molecule has 0 aliphatic rings. The molecule has 7 heteroatoms. The predicted molar refractivity (Wildman–Crippen MR) is 100 cm³/mol. The van der Waals surface area contributed by atoms with E-state index in [9.17, 15) is 14.9 Å². The van der Waals surface area contributed by atoms with Crippen LogP contribution in [0.1, 0.15) is 11.3 Å². The number of hydrogen-bond acceptors (Lipinski definition) is 5. The number of hydrogen-bond donors (Lipinski definition) is 2.